The predicted octanol–water partition coefficient (Wildman–Crippen LogP) is 9.22. The molecule has 0 spiro atoms. The van der Waals surface area contributed by atoms with E-state index in [1.807, 2.05) is 6.08 Å². The quantitative estimate of drug-likeness (QED) is 0.0199. The van der Waals surface area contributed by atoms with Crippen molar-refractivity contribution < 1.29 is 89.4 Å². The van der Waals surface area contributed by atoms with Crippen LogP contribution in [0.4, 0.5) is 0 Å². The molecular formula is C69H127NO18. The van der Waals surface area contributed by atoms with Gasteiger partial charge in [-0.25, -0.2) is 0 Å². The summed E-state index contributed by atoms with van der Waals surface area (Å²) >= 11 is 0. The van der Waals surface area contributed by atoms with Crippen molar-refractivity contribution in [1.29, 1.82) is 0 Å². The van der Waals surface area contributed by atoms with E-state index >= 15 is 0 Å². The Kier molecular flexibility index (Phi) is 46.9. The number of carbonyl (C=O) groups is 1. The molecule has 3 heterocycles. The first-order valence-electron chi connectivity index (χ1n) is 35.2. The van der Waals surface area contributed by atoms with Crippen LogP contribution in [-0.2, 0) is 33.2 Å². The lowest BCUT2D eigenvalue weighted by Gasteiger charge is -2.48. The Bertz CT molecular complexity index is 1740. The second-order valence-corrected chi connectivity index (χ2v) is 25.3. The van der Waals surface area contributed by atoms with Crippen LogP contribution in [-0.4, -0.2) is 193 Å². The third-order valence-electron chi connectivity index (χ3n) is 17.7. The summed E-state index contributed by atoms with van der Waals surface area (Å²) in [6.07, 6.45) is 32.8. The zero-order valence-electron chi connectivity index (χ0n) is 54.5. The van der Waals surface area contributed by atoms with E-state index in [2.05, 4.69) is 43.5 Å². The summed E-state index contributed by atoms with van der Waals surface area (Å²) in [5, 5.41) is 120. The molecule has 12 N–H and O–H groups in total. The van der Waals surface area contributed by atoms with E-state index in [9.17, 15) is 61.0 Å². The topological polar surface area (TPSA) is 307 Å². The van der Waals surface area contributed by atoms with Gasteiger partial charge in [0.1, 0.15) is 73.2 Å². The number of aliphatic hydroxyl groups excluding tert-OH is 11. The van der Waals surface area contributed by atoms with Crippen LogP contribution in [0.3, 0.4) is 0 Å². The van der Waals surface area contributed by atoms with Crippen molar-refractivity contribution in [2.75, 3.05) is 26.4 Å². The number of hydrogen-bond acceptors (Lipinski definition) is 18. The Hall–Kier alpha value is -1.99. The van der Waals surface area contributed by atoms with Gasteiger partial charge in [0.25, 0.3) is 0 Å². The number of unbranched alkanes of at least 4 members (excludes halogenated alkanes) is 34. The molecule has 516 valence electrons. The van der Waals surface area contributed by atoms with Gasteiger partial charge in [-0.3, -0.25) is 4.79 Å². The summed E-state index contributed by atoms with van der Waals surface area (Å²) in [4.78, 5) is 13.4. The second-order valence-electron chi connectivity index (χ2n) is 25.3. The highest BCUT2D eigenvalue weighted by Crippen LogP contribution is 2.33. The van der Waals surface area contributed by atoms with Gasteiger partial charge in [-0.1, -0.05) is 249 Å². The van der Waals surface area contributed by atoms with Crippen molar-refractivity contribution in [2.24, 2.45) is 0 Å². The van der Waals surface area contributed by atoms with E-state index in [-0.39, 0.29) is 18.9 Å². The molecule has 3 aliphatic heterocycles. The molecule has 3 aliphatic rings. The SMILES string of the molecule is CCCCCCCC/C=C/CC/C=C/CC/C=C/C(O)C(COC1OC(CO)C(OC2OC(CO)C(OC3OC(CO)C(O)C(O)C3O)C(O)C2O)C(O)C1O)NC(=O)CCCCCCCCCCCCCCCCCCCCCCCCCCCCC. The lowest BCUT2D eigenvalue weighted by atomic mass is 9.96. The van der Waals surface area contributed by atoms with Gasteiger partial charge in [-0.2, -0.15) is 0 Å². The molecule has 3 fully saturated rings. The summed E-state index contributed by atoms with van der Waals surface area (Å²) in [6.45, 7) is 1.72. The van der Waals surface area contributed by atoms with E-state index in [4.69, 9.17) is 28.4 Å². The smallest absolute Gasteiger partial charge is 0.220 e. The molecule has 0 bridgehead atoms. The summed E-state index contributed by atoms with van der Waals surface area (Å²) in [5.41, 5.74) is 0. The molecule has 0 aromatic carbocycles. The molecule has 0 radical (unpaired) electrons. The predicted molar refractivity (Wildman–Crippen MR) is 342 cm³/mol. The second kappa shape index (κ2) is 51.4. The van der Waals surface area contributed by atoms with Crippen LogP contribution in [0.5, 0.6) is 0 Å². The third kappa shape index (κ3) is 33.2. The summed E-state index contributed by atoms with van der Waals surface area (Å²) in [7, 11) is 0. The highest BCUT2D eigenvalue weighted by atomic mass is 16.8. The molecule has 19 heteroatoms. The molecule has 1 amide bonds. The average molecular weight is 1260 g/mol. The normalized spacial score (nSPS) is 28.6. The van der Waals surface area contributed by atoms with Crippen LogP contribution in [0.15, 0.2) is 36.5 Å². The number of aliphatic hydroxyl groups is 11. The van der Waals surface area contributed by atoms with Crippen LogP contribution in [0.1, 0.15) is 264 Å². The van der Waals surface area contributed by atoms with Gasteiger partial charge < -0.3 is 89.9 Å². The number of rotatable bonds is 54. The first-order chi connectivity index (χ1) is 42.8. The molecule has 17 atom stereocenters. The van der Waals surface area contributed by atoms with Gasteiger partial charge in [0.2, 0.25) is 5.91 Å². The first-order valence-corrected chi connectivity index (χ1v) is 35.2. The zero-order valence-corrected chi connectivity index (χ0v) is 54.5. The number of nitrogens with one attached hydrogen (secondary N) is 1. The fourth-order valence-electron chi connectivity index (χ4n) is 11.9. The summed E-state index contributed by atoms with van der Waals surface area (Å²) < 4.78 is 34.3. The molecule has 0 aromatic heterocycles. The minimum Gasteiger partial charge on any atom is -0.394 e. The fraction of sp³-hybridized carbons (Fsp3) is 0.899. The molecule has 17 unspecified atom stereocenters. The van der Waals surface area contributed by atoms with E-state index in [1.165, 1.54) is 186 Å². The maximum Gasteiger partial charge on any atom is 0.220 e. The van der Waals surface area contributed by atoms with Gasteiger partial charge in [0.05, 0.1) is 38.6 Å². The Labute approximate surface area is 530 Å². The van der Waals surface area contributed by atoms with Crippen molar-refractivity contribution in [3.8, 4) is 0 Å². The minimum absolute atomic E-state index is 0.236. The van der Waals surface area contributed by atoms with Gasteiger partial charge in [-0.15, -0.1) is 0 Å². The number of amides is 1. The van der Waals surface area contributed by atoms with Crippen molar-refractivity contribution in [3.05, 3.63) is 36.5 Å². The third-order valence-corrected chi connectivity index (χ3v) is 17.7. The lowest BCUT2D eigenvalue weighted by molar-refractivity contribution is -0.379. The molecule has 0 saturated carbocycles. The number of hydrogen-bond donors (Lipinski definition) is 12. The maximum absolute atomic E-state index is 13.4. The molecule has 3 rings (SSSR count). The molecule has 0 aromatic rings. The van der Waals surface area contributed by atoms with Crippen molar-refractivity contribution in [3.63, 3.8) is 0 Å². The van der Waals surface area contributed by atoms with E-state index in [0.717, 1.165) is 44.9 Å². The summed E-state index contributed by atoms with van der Waals surface area (Å²) in [5.74, 6) is -0.285. The standard InChI is InChI=1S/C69H127NO18/c1-3-5-7-9-11-13-15-17-19-21-22-23-24-25-26-27-28-29-30-31-33-35-37-39-41-43-45-47-57(75)70-52(53(74)46-44-42-40-38-36-34-32-20-18-16-14-12-10-8-6-4-2)51-83-67-63(81)60(78)65(55(49-72)85-67)88-69-64(82)61(79)66(56(50-73)86-69)87-68-62(80)59(77)58(76)54(48-71)84-68/h18,20,36,38,44,46,52-56,58-69,71-74,76-82H,3-17,19,21-35,37,39-43,45,47-51H2,1-2H3,(H,70,75)/b20-18+,38-36+,46-44+. The van der Waals surface area contributed by atoms with Crippen molar-refractivity contribution in [2.45, 2.75) is 369 Å². The fourth-order valence-corrected chi connectivity index (χ4v) is 11.9. The Morgan fingerprint density at radius 1 is 0.398 bits per heavy atom. The van der Waals surface area contributed by atoms with Crippen LogP contribution in [0.2, 0.25) is 0 Å². The van der Waals surface area contributed by atoms with E-state index in [1.54, 1.807) is 6.08 Å². The van der Waals surface area contributed by atoms with E-state index in [0.29, 0.717) is 12.8 Å². The molecule has 88 heavy (non-hydrogen) atoms. The maximum atomic E-state index is 13.4. The average Bonchev–Trinajstić information content (AvgIpc) is 3.09. The van der Waals surface area contributed by atoms with Crippen LogP contribution >= 0.6 is 0 Å². The zero-order chi connectivity index (χ0) is 64.0. The highest BCUT2D eigenvalue weighted by Gasteiger charge is 2.53. The van der Waals surface area contributed by atoms with Crippen LogP contribution in [0, 0.1) is 0 Å². The number of carbonyl (C=O) groups excluding carboxylic acids is 1. The van der Waals surface area contributed by atoms with Crippen LogP contribution < -0.4 is 5.32 Å². The molecule has 0 aliphatic carbocycles. The number of ether oxygens (including phenoxy) is 6. The molecule has 19 nitrogen and oxygen atoms in total. The van der Waals surface area contributed by atoms with Gasteiger partial charge in [-0.05, 0) is 44.9 Å². The van der Waals surface area contributed by atoms with E-state index < -0.39 is 124 Å². The molecule has 3 saturated heterocycles. The largest absolute Gasteiger partial charge is 0.394 e. The minimum atomic E-state index is -1.98. The van der Waals surface area contributed by atoms with Gasteiger partial charge >= 0.3 is 0 Å². The summed E-state index contributed by atoms with van der Waals surface area (Å²) in [6, 6.07) is -0.994. The number of allylic oxidation sites excluding steroid dienone is 5. The van der Waals surface area contributed by atoms with Crippen molar-refractivity contribution in [1.82, 2.24) is 5.32 Å². The van der Waals surface area contributed by atoms with Crippen LogP contribution in [0.25, 0.3) is 0 Å². The highest BCUT2D eigenvalue weighted by molar-refractivity contribution is 5.76. The monoisotopic (exact) mass is 1260 g/mol. The van der Waals surface area contributed by atoms with Gasteiger partial charge in [0.15, 0.2) is 18.9 Å². The lowest BCUT2D eigenvalue weighted by Crippen LogP contribution is -2.66. The Balaban J connectivity index is 1.42. The van der Waals surface area contributed by atoms with Crippen molar-refractivity contribution >= 4 is 5.91 Å². The van der Waals surface area contributed by atoms with Gasteiger partial charge in [0, 0.05) is 6.42 Å². The Morgan fingerprint density at radius 3 is 1.14 bits per heavy atom. The Morgan fingerprint density at radius 2 is 0.727 bits per heavy atom. The first kappa shape index (κ1) is 80.2. The molecular weight excluding hydrogens is 1130 g/mol.